The van der Waals surface area contributed by atoms with Crippen LogP contribution in [-0.2, 0) is 11.3 Å². The van der Waals surface area contributed by atoms with Crippen molar-refractivity contribution in [3.63, 3.8) is 0 Å². The summed E-state index contributed by atoms with van der Waals surface area (Å²) in [7, 11) is 1.65. The van der Waals surface area contributed by atoms with Gasteiger partial charge in [-0.2, -0.15) is 0 Å². The molecule has 1 aromatic carbocycles. The number of ether oxygens (including phenoxy) is 2. The van der Waals surface area contributed by atoms with E-state index in [1.165, 1.54) is 0 Å². The van der Waals surface area contributed by atoms with Crippen molar-refractivity contribution in [2.24, 2.45) is 0 Å². The van der Waals surface area contributed by atoms with Gasteiger partial charge in [0.25, 0.3) is 0 Å². The molecule has 1 rings (SSSR count). The molecule has 2 nitrogen and oxygen atoms in total. The Labute approximate surface area is 96.9 Å². The molecule has 2 heteroatoms. The number of allylic oxidation sites excluding steroid dienone is 1. The van der Waals surface area contributed by atoms with Gasteiger partial charge in [0.05, 0.1) is 13.7 Å². The van der Waals surface area contributed by atoms with E-state index in [2.05, 4.69) is 18.4 Å². The highest BCUT2D eigenvalue weighted by Crippen LogP contribution is 2.11. The average molecular weight is 216 g/mol. The molecular formula is C14H16O2. The van der Waals surface area contributed by atoms with Gasteiger partial charge in [0.15, 0.2) is 0 Å². The summed E-state index contributed by atoms with van der Waals surface area (Å²) in [5.41, 5.74) is 1.96. The van der Waals surface area contributed by atoms with Gasteiger partial charge >= 0.3 is 0 Å². The predicted octanol–water partition coefficient (Wildman–Crippen LogP) is 2.79. The number of hydrogen-bond acceptors (Lipinski definition) is 2. The number of hydrogen-bond donors (Lipinski definition) is 0. The van der Waals surface area contributed by atoms with Crippen LogP contribution < -0.4 is 4.74 Å². The molecule has 1 aromatic rings. The van der Waals surface area contributed by atoms with E-state index in [1.807, 2.05) is 31.2 Å². The second-order valence-electron chi connectivity index (χ2n) is 3.42. The second kappa shape index (κ2) is 6.71. The lowest BCUT2D eigenvalue weighted by Crippen LogP contribution is -1.93. The summed E-state index contributed by atoms with van der Waals surface area (Å²) in [5.74, 6) is 6.59. The predicted molar refractivity (Wildman–Crippen MR) is 65.2 cm³/mol. The average Bonchev–Trinajstić information content (AvgIpc) is 2.29. The summed E-state index contributed by atoms with van der Waals surface area (Å²) < 4.78 is 10.5. The van der Waals surface area contributed by atoms with Crippen LogP contribution in [0.5, 0.6) is 5.75 Å². The molecule has 0 bridgehead atoms. The van der Waals surface area contributed by atoms with E-state index in [1.54, 1.807) is 7.11 Å². The molecule has 0 saturated carbocycles. The molecule has 16 heavy (non-hydrogen) atoms. The summed E-state index contributed by atoms with van der Waals surface area (Å²) >= 11 is 0. The minimum absolute atomic E-state index is 0.429. The third-order valence-corrected chi connectivity index (χ3v) is 1.90. The molecule has 0 unspecified atom stereocenters. The van der Waals surface area contributed by atoms with E-state index in [0.717, 1.165) is 16.9 Å². The molecule has 0 fully saturated rings. The number of methoxy groups -OCH3 is 1. The van der Waals surface area contributed by atoms with E-state index in [9.17, 15) is 0 Å². The van der Waals surface area contributed by atoms with Crippen LogP contribution in [0.15, 0.2) is 36.4 Å². The van der Waals surface area contributed by atoms with E-state index in [-0.39, 0.29) is 0 Å². The molecule has 0 amide bonds. The maximum atomic E-state index is 5.39. The smallest absolute Gasteiger partial charge is 0.118 e. The summed E-state index contributed by atoms with van der Waals surface area (Å²) in [6, 6.07) is 7.78. The molecule has 0 saturated heterocycles. The topological polar surface area (TPSA) is 18.5 Å². The third kappa shape index (κ3) is 4.68. The zero-order chi connectivity index (χ0) is 11.8. The van der Waals surface area contributed by atoms with E-state index in [0.29, 0.717) is 13.2 Å². The first-order chi connectivity index (χ1) is 7.72. The van der Waals surface area contributed by atoms with Crippen molar-refractivity contribution in [3.8, 4) is 17.6 Å². The molecule has 0 heterocycles. The van der Waals surface area contributed by atoms with Gasteiger partial charge in [0.1, 0.15) is 12.4 Å². The molecular weight excluding hydrogens is 200 g/mol. The maximum absolute atomic E-state index is 5.39. The van der Waals surface area contributed by atoms with Crippen LogP contribution in [0.4, 0.5) is 0 Å². The van der Waals surface area contributed by atoms with Crippen molar-refractivity contribution < 1.29 is 9.47 Å². The van der Waals surface area contributed by atoms with E-state index in [4.69, 9.17) is 9.47 Å². The Bertz CT molecular complexity index is 393. The lowest BCUT2D eigenvalue weighted by molar-refractivity contribution is 0.153. The summed E-state index contributed by atoms with van der Waals surface area (Å²) in [6.07, 6.45) is 0. The van der Waals surface area contributed by atoms with E-state index >= 15 is 0 Å². The first-order valence-corrected chi connectivity index (χ1v) is 5.07. The largest absolute Gasteiger partial charge is 0.497 e. The van der Waals surface area contributed by atoms with Gasteiger partial charge in [-0.1, -0.05) is 30.6 Å². The third-order valence-electron chi connectivity index (χ3n) is 1.90. The minimum atomic E-state index is 0.429. The van der Waals surface area contributed by atoms with Gasteiger partial charge < -0.3 is 9.47 Å². The van der Waals surface area contributed by atoms with E-state index < -0.39 is 0 Å². The van der Waals surface area contributed by atoms with Gasteiger partial charge in [-0.15, -0.1) is 0 Å². The Hall–Kier alpha value is -1.72. The molecule has 84 valence electrons. The quantitative estimate of drug-likeness (QED) is 0.569. The molecule has 0 aliphatic rings. The molecule has 0 aromatic heterocycles. The Kier molecular flexibility index (Phi) is 5.18. The van der Waals surface area contributed by atoms with Crippen molar-refractivity contribution in [1.82, 2.24) is 0 Å². The highest BCUT2D eigenvalue weighted by molar-refractivity contribution is 5.27. The zero-order valence-electron chi connectivity index (χ0n) is 9.75. The first-order valence-electron chi connectivity index (χ1n) is 5.07. The van der Waals surface area contributed by atoms with Crippen molar-refractivity contribution in [1.29, 1.82) is 0 Å². The zero-order valence-corrected chi connectivity index (χ0v) is 9.75. The van der Waals surface area contributed by atoms with Crippen LogP contribution in [0.3, 0.4) is 0 Å². The standard InChI is InChI=1S/C14H16O2/c1-12(2)5-4-10-16-11-13-6-8-14(15-3)9-7-13/h6-9H,1,10-11H2,2-3H3. The SMILES string of the molecule is C=C(C)C#CCOCc1ccc(OC)cc1. The van der Waals surface area contributed by atoms with Crippen LogP contribution in [0.25, 0.3) is 0 Å². The normalized spacial score (nSPS) is 9.12. The number of benzene rings is 1. The fraction of sp³-hybridized carbons (Fsp3) is 0.286. The van der Waals surface area contributed by atoms with Gasteiger partial charge in [0, 0.05) is 0 Å². The lowest BCUT2D eigenvalue weighted by Gasteiger charge is -2.02. The molecule has 0 N–H and O–H groups in total. The Morgan fingerprint density at radius 3 is 2.56 bits per heavy atom. The highest BCUT2D eigenvalue weighted by Gasteiger charge is 1.93. The second-order valence-corrected chi connectivity index (χ2v) is 3.42. The highest BCUT2D eigenvalue weighted by atomic mass is 16.5. The molecule has 0 aliphatic carbocycles. The fourth-order valence-electron chi connectivity index (χ4n) is 1.13. The Morgan fingerprint density at radius 1 is 1.31 bits per heavy atom. The lowest BCUT2D eigenvalue weighted by atomic mass is 10.2. The number of rotatable bonds is 4. The van der Waals surface area contributed by atoms with Gasteiger partial charge in [0.2, 0.25) is 0 Å². The van der Waals surface area contributed by atoms with Crippen LogP contribution in [-0.4, -0.2) is 13.7 Å². The first kappa shape index (κ1) is 12.4. The maximum Gasteiger partial charge on any atom is 0.118 e. The van der Waals surface area contributed by atoms with Crippen molar-refractivity contribution in [2.75, 3.05) is 13.7 Å². The van der Waals surface area contributed by atoms with Crippen LogP contribution in [0, 0.1) is 11.8 Å². The summed E-state index contributed by atoms with van der Waals surface area (Å²) in [6.45, 7) is 6.55. The summed E-state index contributed by atoms with van der Waals surface area (Å²) in [5, 5.41) is 0. The summed E-state index contributed by atoms with van der Waals surface area (Å²) in [4.78, 5) is 0. The van der Waals surface area contributed by atoms with Crippen molar-refractivity contribution in [3.05, 3.63) is 42.0 Å². The van der Waals surface area contributed by atoms with Gasteiger partial charge in [-0.05, 0) is 30.2 Å². The monoisotopic (exact) mass is 216 g/mol. The van der Waals surface area contributed by atoms with Gasteiger partial charge in [-0.3, -0.25) is 0 Å². The van der Waals surface area contributed by atoms with Gasteiger partial charge in [-0.25, -0.2) is 0 Å². The van der Waals surface area contributed by atoms with Crippen LogP contribution in [0.1, 0.15) is 12.5 Å². The fourth-order valence-corrected chi connectivity index (χ4v) is 1.13. The molecule has 0 aliphatic heterocycles. The minimum Gasteiger partial charge on any atom is -0.497 e. The van der Waals surface area contributed by atoms with Crippen LogP contribution >= 0.6 is 0 Å². The Balaban J connectivity index is 2.33. The molecule has 0 spiro atoms. The van der Waals surface area contributed by atoms with Crippen LogP contribution in [0.2, 0.25) is 0 Å². The Morgan fingerprint density at radius 2 is 2.00 bits per heavy atom. The molecule has 0 atom stereocenters. The molecule has 0 radical (unpaired) electrons. The van der Waals surface area contributed by atoms with Crippen molar-refractivity contribution >= 4 is 0 Å². The van der Waals surface area contributed by atoms with Crippen molar-refractivity contribution in [2.45, 2.75) is 13.5 Å².